The van der Waals surface area contributed by atoms with Gasteiger partial charge in [0.15, 0.2) is 0 Å². The number of carbonyl (C=O) groups excluding carboxylic acids is 1. The molecule has 0 bridgehead atoms. The fourth-order valence-electron chi connectivity index (χ4n) is 2.99. The number of nitrogens with zero attached hydrogens (tertiary/aromatic N) is 2. The number of rotatable bonds is 3. The second-order valence-corrected chi connectivity index (χ2v) is 7.51. The van der Waals surface area contributed by atoms with Gasteiger partial charge >= 0.3 is 0 Å². The van der Waals surface area contributed by atoms with Gasteiger partial charge in [0.1, 0.15) is 0 Å². The quantitative estimate of drug-likeness (QED) is 0.931. The van der Waals surface area contributed by atoms with Gasteiger partial charge in [-0.25, -0.2) is 0 Å². The molecule has 1 fully saturated rings. The van der Waals surface area contributed by atoms with Crippen LogP contribution in [0.5, 0.6) is 0 Å². The van der Waals surface area contributed by atoms with Gasteiger partial charge < -0.3 is 4.52 Å². The maximum absolute atomic E-state index is 12.1. The van der Waals surface area contributed by atoms with E-state index in [1.54, 1.807) is 6.07 Å². The van der Waals surface area contributed by atoms with E-state index in [9.17, 15) is 4.79 Å². The Morgan fingerprint density at radius 2 is 2.00 bits per heavy atom. The lowest BCUT2D eigenvalue weighted by Crippen LogP contribution is -2.42. The molecule has 1 aliphatic rings. The van der Waals surface area contributed by atoms with Crippen molar-refractivity contribution in [3.05, 3.63) is 11.8 Å². The third-order valence-electron chi connectivity index (χ3n) is 3.85. The first-order valence-corrected chi connectivity index (χ1v) is 7.73. The summed E-state index contributed by atoms with van der Waals surface area (Å²) in [6.45, 7) is 13.1. The first-order valence-electron chi connectivity index (χ1n) is 7.73. The number of piperidine rings is 1. The van der Waals surface area contributed by atoms with Crippen LogP contribution in [0.2, 0.25) is 0 Å². The van der Waals surface area contributed by atoms with Crippen molar-refractivity contribution in [1.29, 1.82) is 0 Å². The SMILES string of the molecule is CC1CC(C)CN(CC(=O)Nc2cc(C(C)(C)C)no2)C1. The van der Waals surface area contributed by atoms with E-state index in [2.05, 4.69) is 50.0 Å². The van der Waals surface area contributed by atoms with Crippen molar-refractivity contribution in [2.75, 3.05) is 25.0 Å². The number of hydrogen-bond donors (Lipinski definition) is 1. The molecule has 0 radical (unpaired) electrons. The molecule has 1 saturated heterocycles. The lowest BCUT2D eigenvalue weighted by molar-refractivity contribution is -0.118. The summed E-state index contributed by atoms with van der Waals surface area (Å²) in [6.07, 6.45) is 1.25. The van der Waals surface area contributed by atoms with Gasteiger partial charge in [-0.2, -0.15) is 0 Å². The molecule has 1 aliphatic heterocycles. The molecule has 0 spiro atoms. The van der Waals surface area contributed by atoms with Gasteiger partial charge in [0.05, 0.1) is 12.2 Å². The maximum atomic E-state index is 12.1. The zero-order valence-corrected chi connectivity index (χ0v) is 13.8. The molecule has 2 unspecified atom stereocenters. The van der Waals surface area contributed by atoms with Gasteiger partial charge in [-0.1, -0.05) is 39.8 Å². The minimum atomic E-state index is -0.0792. The molecule has 2 heterocycles. The standard InChI is InChI=1S/C16H27N3O2/c1-11-6-12(2)9-19(8-11)10-14(20)17-15-7-13(18-21-15)16(3,4)5/h7,11-12H,6,8-10H2,1-5H3,(H,17,20). The van der Waals surface area contributed by atoms with Crippen LogP contribution in [0.1, 0.15) is 46.7 Å². The van der Waals surface area contributed by atoms with E-state index in [0.717, 1.165) is 18.8 Å². The highest BCUT2D eigenvalue weighted by Crippen LogP contribution is 2.24. The predicted molar refractivity (Wildman–Crippen MR) is 83.2 cm³/mol. The molecule has 5 heteroatoms. The third kappa shape index (κ3) is 4.56. The van der Waals surface area contributed by atoms with Gasteiger partial charge in [0.25, 0.3) is 0 Å². The summed E-state index contributed by atoms with van der Waals surface area (Å²) in [5.74, 6) is 1.70. The van der Waals surface area contributed by atoms with Gasteiger partial charge in [-0.05, 0) is 18.3 Å². The molecule has 0 saturated carbocycles. The second-order valence-electron chi connectivity index (χ2n) is 7.51. The molecule has 5 nitrogen and oxygen atoms in total. The van der Waals surface area contributed by atoms with E-state index >= 15 is 0 Å². The zero-order chi connectivity index (χ0) is 15.6. The van der Waals surface area contributed by atoms with E-state index in [4.69, 9.17) is 4.52 Å². The molecule has 1 amide bonds. The Morgan fingerprint density at radius 3 is 2.52 bits per heavy atom. The first-order chi connectivity index (χ1) is 9.74. The first kappa shape index (κ1) is 16.0. The molecule has 118 valence electrons. The summed E-state index contributed by atoms with van der Waals surface area (Å²) < 4.78 is 5.19. The number of likely N-dealkylation sites (tertiary alicyclic amines) is 1. The van der Waals surface area contributed by atoms with Crippen molar-refractivity contribution in [1.82, 2.24) is 10.1 Å². The van der Waals surface area contributed by atoms with Crippen molar-refractivity contribution >= 4 is 11.8 Å². The average molecular weight is 293 g/mol. The summed E-state index contributed by atoms with van der Waals surface area (Å²) in [4.78, 5) is 14.3. The fraction of sp³-hybridized carbons (Fsp3) is 0.750. The molecule has 1 aromatic rings. The van der Waals surface area contributed by atoms with E-state index in [1.807, 2.05) is 0 Å². The zero-order valence-electron chi connectivity index (χ0n) is 13.8. The molecule has 2 rings (SSSR count). The van der Waals surface area contributed by atoms with E-state index in [1.165, 1.54) is 6.42 Å². The monoisotopic (exact) mass is 293 g/mol. The van der Waals surface area contributed by atoms with Crippen LogP contribution in [0.15, 0.2) is 10.6 Å². The van der Waals surface area contributed by atoms with Crippen molar-refractivity contribution in [3.63, 3.8) is 0 Å². The Bertz CT molecular complexity index is 480. The molecule has 2 atom stereocenters. The lowest BCUT2D eigenvalue weighted by atomic mass is 9.92. The van der Waals surface area contributed by atoms with Crippen molar-refractivity contribution in [2.45, 2.75) is 46.5 Å². The Morgan fingerprint density at radius 1 is 1.38 bits per heavy atom. The minimum Gasteiger partial charge on any atom is -0.338 e. The highest BCUT2D eigenvalue weighted by molar-refractivity contribution is 5.91. The number of aromatic nitrogens is 1. The van der Waals surface area contributed by atoms with Crippen LogP contribution < -0.4 is 5.32 Å². The molecule has 1 aromatic heterocycles. The normalized spacial score (nSPS) is 24.0. The Labute approximate surface area is 127 Å². The van der Waals surface area contributed by atoms with E-state index < -0.39 is 0 Å². The van der Waals surface area contributed by atoms with E-state index in [0.29, 0.717) is 24.3 Å². The van der Waals surface area contributed by atoms with Crippen LogP contribution >= 0.6 is 0 Å². The molecule has 0 aromatic carbocycles. The van der Waals surface area contributed by atoms with Gasteiger partial charge in [-0.15, -0.1) is 0 Å². The predicted octanol–water partition coefficient (Wildman–Crippen LogP) is 2.89. The van der Waals surface area contributed by atoms with Crippen molar-refractivity contribution < 1.29 is 9.32 Å². The fourth-order valence-corrected chi connectivity index (χ4v) is 2.99. The molecular formula is C16H27N3O2. The number of hydrogen-bond acceptors (Lipinski definition) is 4. The summed E-state index contributed by atoms with van der Waals surface area (Å²) in [5.41, 5.74) is 0.766. The van der Waals surface area contributed by atoms with Gasteiger partial charge in [-0.3, -0.25) is 15.0 Å². The summed E-state index contributed by atoms with van der Waals surface area (Å²) in [5, 5.41) is 6.81. The van der Waals surface area contributed by atoms with E-state index in [-0.39, 0.29) is 11.3 Å². The topological polar surface area (TPSA) is 58.4 Å². The Kier molecular flexibility index (Phi) is 4.71. The molecule has 1 N–H and O–H groups in total. The molecule has 0 aliphatic carbocycles. The van der Waals surface area contributed by atoms with Crippen LogP contribution in [0.25, 0.3) is 0 Å². The smallest absolute Gasteiger partial charge is 0.240 e. The summed E-state index contributed by atoms with van der Waals surface area (Å²) in [6, 6.07) is 1.80. The lowest BCUT2D eigenvalue weighted by Gasteiger charge is -2.34. The summed E-state index contributed by atoms with van der Waals surface area (Å²) in [7, 11) is 0. The molecule has 21 heavy (non-hydrogen) atoms. The van der Waals surface area contributed by atoms with Gasteiger partial charge in [0, 0.05) is 24.6 Å². The summed E-state index contributed by atoms with van der Waals surface area (Å²) >= 11 is 0. The molecular weight excluding hydrogens is 266 g/mol. The van der Waals surface area contributed by atoms with Crippen LogP contribution in [-0.2, 0) is 10.2 Å². The number of nitrogens with one attached hydrogen (secondary N) is 1. The Hall–Kier alpha value is -1.36. The number of carbonyl (C=O) groups is 1. The Balaban J connectivity index is 1.88. The minimum absolute atomic E-state index is 0.0343. The van der Waals surface area contributed by atoms with Crippen LogP contribution in [0.4, 0.5) is 5.88 Å². The average Bonchev–Trinajstić information content (AvgIpc) is 2.75. The van der Waals surface area contributed by atoms with Crippen LogP contribution in [-0.4, -0.2) is 35.6 Å². The number of anilines is 1. The highest BCUT2D eigenvalue weighted by Gasteiger charge is 2.24. The van der Waals surface area contributed by atoms with Crippen LogP contribution in [0, 0.1) is 11.8 Å². The maximum Gasteiger partial charge on any atom is 0.240 e. The largest absolute Gasteiger partial charge is 0.338 e. The van der Waals surface area contributed by atoms with Crippen LogP contribution in [0.3, 0.4) is 0 Å². The highest BCUT2D eigenvalue weighted by atomic mass is 16.5. The van der Waals surface area contributed by atoms with Crippen molar-refractivity contribution in [2.24, 2.45) is 11.8 Å². The van der Waals surface area contributed by atoms with Crippen molar-refractivity contribution in [3.8, 4) is 0 Å². The van der Waals surface area contributed by atoms with Gasteiger partial charge in [0.2, 0.25) is 11.8 Å². The third-order valence-corrected chi connectivity index (χ3v) is 3.85. The number of amides is 1. The second kappa shape index (κ2) is 6.18.